The van der Waals surface area contributed by atoms with Crippen LogP contribution >= 0.6 is 0 Å². The van der Waals surface area contributed by atoms with Crippen molar-refractivity contribution >= 4 is 0 Å². The van der Waals surface area contributed by atoms with Crippen molar-refractivity contribution in [3.05, 3.63) is 6.42 Å². The maximum Gasteiger partial charge on any atom is 0.0156 e. The van der Waals surface area contributed by atoms with Crippen LogP contribution in [-0.2, 0) is 0 Å². The zero-order valence-corrected chi connectivity index (χ0v) is 8.39. The monoisotopic (exact) mass is 154 g/mol. The molecule has 0 aromatic carbocycles. The molecule has 0 spiro atoms. The van der Waals surface area contributed by atoms with Crippen molar-refractivity contribution in [1.29, 1.82) is 0 Å². The minimum atomic E-state index is 0.367. The molecule has 1 aliphatic heterocycles. The molecule has 1 heterocycles. The van der Waals surface area contributed by atoms with Gasteiger partial charge in [0.05, 0.1) is 0 Å². The molecule has 1 radical (unpaired) electrons. The van der Waals surface area contributed by atoms with E-state index < -0.39 is 0 Å². The second-order valence-electron chi connectivity index (χ2n) is 4.46. The average Bonchev–Trinajstić information content (AvgIpc) is 1.95. The molecule has 2 atom stereocenters. The van der Waals surface area contributed by atoms with Gasteiger partial charge in [-0.05, 0) is 46.6 Å². The fraction of sp³-hybridized carbons (Fsp3) is 0.900. The molecule has 0 aliphatic carbocycles. The van der Waals surface area contributed by atoms with Gasteiger partial charge in [-0.3, -0.25) is 4.90 Å². The molecule has 0 aromatic rings. The fourth-order valence-corrected chi connectivity index (χ4v) is 1.72. The second kappa shape index (κ2) is 2.78. The highest BCUT2D eigenvalue weighted by Gasteiger charge is 2.34. The van der Waals surface area contributed by atoms with Gasteiger partial charge in [0.2, 0.25) is 0 Å². The lowest BCUT2D eigenvalue weighted by Crippen LogP contribution is -2.52. The van der Waals surface area contributed by atoms with Crippen LogP contribution in [0.5, 0.6) is 0 Å². The second-order valence-corrected chi connectivity index (χ2v) is 4.46. The van der Waals surface area contributed by atoms with Crippen molar-refractivity contribution in [1.82, 2.24) is 4.90 Å². The summed E-state index contributed by atoms with van der Waals surface area (Å²) in [5.74, 6) is 0.744. The minimum Gasteiger partial charge on any atom is -0.298 e. The van der Waals surface area contributed by atoms with Crippen LogP contribution in [-0.4, -0.2) is 23.5 Å². The quantitative estimate of drug-likeness (QED) is 0.517. The van der Waals surface area contributed by atoms with Crippen LogP contribution in [0.3, 0.4) is 0 Å². The van der Waals surface area contributed by atoms with Gasteiger partial charge in [-0.1, -0.05) is 6.92 Å². The molecular weight excluding hydrogens is 134 g/mol. The molecule has 0 aromatic heterocycles. The Morgan fingerprint density at radius 1 is 1.36 bits per heavy atom. The van der Waals surface area contributed by atoms with E-state index in [1.54, 1.807) is 0 Å². The number of likely N-dealkylation sites (tertiary alicyclic amines) is 1. The summed E-state index contributed by atoms with van der Waals surface area (Å²) < 4.78 is 0. The molecule has 0 bridgehead atoms. The number of hydrogen-bond acceptors (Lipinski definition) is 1. The molecule has 2 unspecified atom stereocenters. The Kier molecular flexibility index (Phi) is 2.29. The zero-order chi connectivity index (χ0) is 8.65. The highest BCUT2D eigenvalue weighted by atomic mass is 15.2. The van der Waals surface area contributed by atoms with Crippen LogP contribution in [0.15, 0.2) is 0 Å². The third kappa shape index (κ3) is 1.58. The Morgan fingerprint density at radius 2 is 1.91 bits per heavy atom. The van der Waals surface area contributed by atoms with Gasteiger partial charge in [0.1, 0.15) is 0 Å². The Morgan fingerprint density at radius 3 is 2.36 bits per heavy atom. The van der Waals surface area contributed by atoms with E-state index in [-0.39, 0.29) is 0 Å². The molecule has 0 saturated carbocycles. The van der Waals surface area contributed by atoms with Crippen molar-refractivity contribution in [3.8, 4) is 0 Å². The Hall–Kier alpha value is -0.0400. The van der Waals surface area contributed by atoms with Crippen LogP contribution in [0.4, 0.5) is 0 Å². The number of hydrogen-bond donors (Lipinski definition) is 0. The predicted molar refractivity (Wildman–Crippen MR) is 49.4 cm³/mol. The van der Waals surface area contributed by atoms with Gasteiger partial charge >= 0.3 is 0 Å². The lowest BCUT2D eigenvalue weighted by molar-refractivity contribution is 0.0544. The molecular formula is C10H20N. The predicted octanol–water partition coefficient (Wildman–Crippen LogP) is 2.33. The summed E-state index contributed by atoms with van der Waals surface area (Å²) in [4.78, 5) is 2.48. The summed E-state index contributed by atoms with van der Waals surface area (Å²) in [5, 5.41) is 0. The lowest BCUT2D eigenvalue weighted by Gasteiger charge is -2.47. The molecule has 0 N–H and O–H groups in total. The normalized spacial score (nSPS) is 39.0. The molecule has 1 aliphatic rings. The molecule has 65 valence electrons. The van der Waals surface area contributed by atoms with Crippen molar-refractivity contribution in [2.45, 2.75) is 45.7 Å². The van der Waals surface area contributed by atoms with Crippen LogP contribution in [0.25, 0.3) is 0 Å². The maximum atomic E-state index is 2.48. The summed E-state index contributed by atoms with van der Waals surface area (Å²) in [6.45, 7) is 9.23. The fourth-order valence-electron chi connectivity index (χ4n) is 1.72. The molecule has 11 heavy (non-hydrogen) atoms. The van der Waals surface area contributed by atoms with E-state index in [4.69, 9.17) is 0 Å². The van der Waals surface area contributed by atoms with Crippen molar-refractivity contribution < 1.29 is 0 Å². The van der Waals surface area contributed by atoms with E-state index in [9.17, 15) is 0 Å². The molecule has 0 amide bonds. The van der Waals surface area contributed by atoms with Gasteiger partial charge in [-0.25, -0.2) is 0 Å². The average molecular weight is 154 g/mol. The van der Waals surface area contributed by atoms with E-state index in [0.29, 0.717) is 11.6 Å². The smallest absolute Gasteiger partial charge is 0.0156 e. The van der Waals surface area contributed by atoms with Crippen LogP contribution in [0.2, 0.25) is 0 Å². The third-order valence-electron chi connectivity index (χ3n) is 3.32. The summed E-state index contributed by atoms with van der Waals surface area (Å²) >= 11 is 0. The maximum absolute atomic E-state index is 2.48. The highest BCUT2D eigenvalue weighted by Crippen LogP contribution is 2.32. The van der Waals surface area contributed by atoms with Gasteiger partial charge < -0.3 is 0 Å². The Labute approximate surface area is 70.8 Å². The standard InChI is InChI=1S/C10H20N/c1-8-6-7-10(3,4)11(5)9(8)2/h6,8-9H,7H2,1-5H3. The first kappa shape index (κ1) is 9.05. The van der Waals surface area contributed by atoms with Gasteiger partial charge in [-0.2, -0.15) is 0 Å². The molecule has 1 nitrogen and oxygen atoms in total. The molecule has 1 fully saturated rings. The minimum absolute atomic E-state index is 0.367. The molecule has 1 rings (SSSR count). The van der Waals surface area contributed by atoms with E-state index in [1.165, 1.54) is 6.42 Å². The number of piperidine rings is 1. The van der Waals surface area contributed by atoms with Crippen LogP contribution < -0.4 is 0 Å². The number of nitrogens with zero attached hydrogens (tertiary/aromatic N) is 1. The van der Waals surface area contributed by atoms with Crippen molar-refractivity contribution in [2.24, 2.45) is 5.92 Å². The molecule has 1 saturated heterocycles. The van der Waals surface area contributed by atoms with E-state index in [1.807, 2.05) is 0 Å². The van der Waals surface area contributed by atoms with Gasteiger partial charge in [0.15, 0.2) is 0 Å². The van der Waals surface area contributed by atoms with E-state index in [2.05, 4.69) is 46.1 Å². The Balaban J connectivity index is 2.67. The molecule has 1 heteroatoms. The first-order valence-corrected chi connectivity index (χ1v) is 4.51. The SMILES string of the molecule is CC1[CH]CC(C)(C)N(C)C1C. The topological polar surface area (TPSA) is 3.24 Å². The van der Waals surface area contributed by atoms with Crippen LogP contribution in [0, 0.1) is 12.3 Å². The summed E-state index contributed by atoms with van der Waals surface area (Å²) in [7, 11) is 2.23. The lowest BCUT2D eigenvalue weighted by atomic mass is 9.81. The first-order chi connectivity index (χ1) is 4.95. The summed E-state index contributed by atoms with van der Waals surface area (Å²) in [6, 6.07) is 0.693. The summed E-state index contributed by atoms with van der Waals surface area (Å²) in [6.07, 6.45) is 3.67. The van der Waals surface area contributed by atoms with Gasteiger partial charge in [0.25, 0.3) is 0 Å². The van der Waals surface area contributed by atoms with E-state index in [0.717, 1.165) is 5.92 Å². The van der Waals surface area contributed by atoms with E-state index >= 15 is 0 Å². The van der Waals surface area contributed by atoms with Gasteiger partial charge in [0, 0.05) is 11.6 Å². The third-order valence-corrected chi connectivity index (χ3v) is 3.32. The Bertz CT molecular complexity index is 140. The number of rotatable bonds is 0. The highest BCUT2D eigenvalue weighted by molar-refractivity contribution is 4.98. The largest absolute Gasteiger partial charge is 0.298 e. The van der Waals surface area contributed by atoms with Crippen molar-refractivity contribution in [3.63, 3.8) is 0 Å². The first-order valence-electron chi connectivity index (χ1n) is 4.51. The van der Waals surface area contributed by atoms with Crippen molar-refractivity contribution in [2.75, 3.05) is 7.05 Å². The summed E-state index contributed by atoms with van der Waals surface area (Å²) in [5.41, 5.74) is 0.367. The zero-order valence-electron chi connectivity index (χ0n) is 8.39. The van der Waals surface area contributed by atoms with Crippen LogP contribution in [0.1, 0.15) is 34.1 Å². The van der Waals surface area contributed by atoms with Gasteiger partial charge in [-0.15, -0.1) is 0 Å².